The van der Waals surface area contributed by atoms with E-state index in [9.17, 15) is 0 Å². The van der Waals surface area contributed by atoms with Gasteiger partial charge in [0.15, 0.2) is 0 Å². The molecule has 242 valence electrons. The van der Waals surface area contributed by atoms with E-state index in [0.717, 1.165) is 78.3 Å². The molecule has 1 aromatic heterocycles. The fraction of sp³-hybridized carbons (Fsp3) is 0. The van der Waals surface area contributed by atoms with Gasteiger partial charge in [-0.3, -0.25) is 9.80 Å². The first-order valence-corrected chi connectivity index (χ1v) is 17.3. The highest BCUT2D eigenvalue weighted by Crippen LogP contribution is 2.55. The molecule has 3 nitrogen and oxygen atoms in total. The lowest BCUT2D eigenvalue weighted by molar-refractivity contribution is 0.582. The summed E-state index contributed by atoms with van der Waals surface area (Å²) >= 11 is 0. The van der Waals surface area contributed by atoms with Crippen LogP contribution < -0.4 is 9.80 Å². The number of benzene rings is 8. The van der Waals surface area contributed by atoms with Gasteiger partial charge in [-0.25, -0.2) is 0 Å². The standard InChI is InChI=1S/C48H34N2O/c1-5-21-37(22-6-1)45-46(38-23-7-2-8-24-38)48(50(40-29-11-4-12-30-40)44-34-18-26-36-20-14-16-32-42(36)44)51-47(45)49(39-27-9-3-10-28-39)43-33-17-25-35-19-13-15-31-41(35)43/h1-34H. The lowest BCUT2D eigenvalue weighted by Crippen LogP contribution is -2.11. The van der Waals surface area contributed by atoms with E-state index < -0.39 is 0 Å². The van der Waals surface area contributed by atoms with Crippen LogP contribution in [0.15, 0.2) is 211 Å². The molecule has 0 atom stereocenters. The maximum atomic E-state index is 7.55. The van der Waals surface area contributed by atoms with Crippen molar-refractivity contribution >= 4 is 56.1 Å². The van der Waals surface area contributed by atoms with E-state index in [1.807, 2.05) is 0 Å². The minimum absolute atomic E-state index is 0.735. The molecular formula is C48H34N2O. The Morgan fingerprint density at radius 2 is 0.627 bits per heavy atom. The Morgan fingerprint density at radius 1 is 0.294 bits per heavy atom. The van der Waals surface area contributed by atoms with E-state index in [-0.39, 0.29) is 0 Å². The smallest absolute Gasteiger partial charge is 0.215 e. The number of hydrogen-bond donors (Lipinski definition) is 0. The summed E-state index contributed by atoms with van der Waals surface area (Å²) in [5, 5.41) is 4.59. The van der Waals surface area contributed by atoms with Crippen LogP contribution in [0.2, 0.25) is 0 Å². The van der Waals surface area contributed by atoms with Crippen LogP contribution in [0.3, 0.4) is 0 Å². The highest BCUT2D eigenvalue weighted by molar-refractivity contribution is 6.07. The summed E-state index contributed by atoms with van der Waals surface area (Å²) < 4.78 is 7.55. The Balaban J connectivity index is 1.44. The molecule has 0 unspecified atom stereocenters. The predicted octanol–water partition coefficient (Wildman–Crippen LogP) is 13.9. The molecule has 9 rings (SSSR count). The van der Waals surface area contributed by atoms with Crippen LogP contribution in [0.1, 0.15) is 0 Å². The SMILES string of the molecule is c1ccc(-c2c(N(c3ccccc3)c3cccc4ccccc34)oc(N(c3ccccc3)c3cccc4ccccc34)c2-c2ccccc2)cc1. The lowest BCUT2D eigenvalue weighted by Gasteiger charge is -2.26. The molecule has 0 amide bonds. The van der Waals surface area contributed by atoms with Crippen LogP contribution in [0.4, 0.5) is 34.5 Å². The summed E-state index contributed by atoms with van der Waals surface area (Å²) in [6.45, 7) is 0. The molecule has 3 heteroatoms. The summed E-state index contributed by atoms with van der Waals surface area (Å²) in [6, 6.07) is 72.4. The Hall–Kier alpha value is -6.84. The summed E-state index contributed by atoms with van der Waals surface area (Å²) in [5.41, 5.74) is 8.22. The molecule has 51 heavy (non-hydrogen) atoms. The van der Waals surface area contributed by atoms with Crippen LogP contribution in [0.25, 0.3) is 43.8 Å². The van der Waals surface area contributed by atoms with Crippen molar-refractivity contribution in [3.63, 3.8) is 0 Å². The molecule has 0 aliphatic rings. The third-order valence-corrected chi connectivity index (χ3v) is 9.45. The van der Waals surface area contributed by atoms with Crippen molar-refractivity contribution in [2.45, 2.75) is 0 Å². The lowest BCUT2D eigenvalue weighted by atomic mass is 9.96. The summed E-state index contributed by atoms with van der Waals surface area (Å²) in [7, 11) is 0. The zero-order valence-electron chi connectivity index (χ0n) is 27.9. The predicted molar refractivity (Wildman–Crippen MR) is 214 cm³/mol. The zero-order valence-corrected chi connectivity index (χ0v) is 27.9. The van der Waals surface area contributed by atoms with Crippen molar-refractivity contribution in [2.24, 2.45) is 0 Å². The van der Waals surface area contributed by atoms with E-state index in [0.29, 0.717) is 0 Å². The number of rotatable bonds is 8. The second-order valence-electron chi connectivity index (χ2n) is 12.5. The van der Waals surface area contributed by atoms with Gasteiger partial charge in [-0.1, -0.05) is 170 Å². The van der Waals surface area contributed by atoms with E-state index in [1.165, 1.54) is 0 Å². The van der Waals surface area contributed by atoms with Crippen molar-refractivity contribution in [3.8, 4) is 22.3 Å². The monoisotopic (exact) mass is 654 g/mol. The fourth-order valence-electron chi connectivity index (χ4n) is 7.16. The van der Waals surface area contributed by atoms with Crippen molar-refractivity contribution in [3.05, 3.63) is 206 Å². The minimum Gasteiger partial charge on any atom is -0.422 e. The average molecular weight is 655 g/mol. The molecule has 0 bridgehead atoms. The van der Waals surface area contributed by atoms with Crippen LogP contribution >= 0.6 is 0 Å². The fourth-order valence-corrected chi connectivity index (χ4v) is 7.16. The second kappa shape index (κ2) is 13.2. The molecular weight excluding hydrogens is 621 g/mol. The second-order valence-corrected chi connectivity index (χ2v) is 12.5. The molecule has 8 aromatic carbocycles. The Morgan fingerprint density at radius 3 is 1.04 bits per heavy atom. The largest absolute Gasteiger partial charge is 0.422 e. The third-order valence-electron chi connectivity index (χ3n) is 9.45. The Labute approximate surface area is 297 Å². The normalized spacial score (nSPS) is 11.1. The number of hydrogen-bond acceptors (Lipinski definition) is 3. The van der Waals surface area contributed by atoms with Gasteiger partial charge in [0, 0.05) is 22.1 Å². The maximum Gasteiger partial charge on any atom is 0.215 e. The summed E-state index contributed by atoms with van der Waals surface area (Å²) in [6.07, 6.45) is 0. The van der Waals surface area contributed by atoms with Gasteiger partial charge in [0.05, 0.1) is 22.5 Å². The first-order chi connectivity index (χ1) is 25.3. The topological polar surface area (TPSA) is 19.6 Å². The van der Waals surface area contributed by atoms with Crippen LogP contribution in [0, 0.1) is 0 Å². The third kappa shape index (κ3) is 5.51. The van der Waals surface area contributed by atoms with Crippen molar-refractivity contribution < 1.29 is 4.42 Å². The van der Waals surface area contributed by atoms with Crippen LogP contribution in [-0.2, 0) is 0 Å². The first-order valence-electron chi connectivity index (χ1n) is 17.3. The number of para-hydroxylation sites is 2. The van der Waals surface area contributed by atoms with Crippen LogP contribution in [-0.4, -0.2) is 0 Å². The Kier molecular flexibility index (Phi) is 7.84. The van der Waals surface area contributed by atoms with Gasteiger partial charge in [-0.05, 0) is 58.3 Å². The van der Waals surface area contributed by atoms with Crippen molar-refractivity contribution in [2.75, 3.05) is 9.80 Å². The number of furan rings is 1. The van der Waals surface area contributed by atoms with E-state index in [2.05, 4.69) is 216 Å². The van der Waals surface area contributed by atoms with Gasteiger partial charge in [-0.15, -0.1) is 0 Å². The quantitative estimate of drug-likeness (QED) is 0.163. The Bertz CT molecular complexity index is 2390. The van der Waals surface area contributed by atoms with Gasteiger partial charge < -0.3 is 4.42 Å². The van der Waals surface area contributed by atoms with E-state index in [1.54, 1.807) is 0 Å². The molecule has 0 saturated carbocycles. The van der Waals surface area contributed by atoms with Gasteiger partial charge in [-0.2, -0.15) is 0 Å². The summed E-state index contributed by atoms with van der Waals surface area (Å²) in [5.74, 6) is 1.47. The molecule has 0 aliphatic heterocycles. The van der Waals surface area contributed by atoms with Crippen molar-refractivity contribution in [1.29, 1.82) is 0 Å². The number of fused-ring (bicyclic) bond motifs is 2. The summed E-state index contributed by atoms with van der Waals surface area (Å²) in [4.78, 5) is 4.57. The van der Waals surface area contributed by atoms with Gasteiger partial charge in [0.2, 0.25) is 11.8 Å². The maximum absolute atomic E-state index is 7.55. The van der Waals surface area contributed by atoms with E-state index >= 15 is 0 Å². The molecule has 0 spiro atoms. The van der Waals surface area contributed by atoms with Gasteiger partial charge in [0.25, 0.3) is 0 Å². The molecule has 0 aliphatic carbocycles. The molecule has 9 aromatic rings. The van der Waals surface area contributed by atoms with E-state index in [4.69, 9.17) is 4.42 Å². The van der Waals surface area contributed by atoms with Gasteiger partial charge in [0.1, 0.15) is 0 Å². The molecule has 1 heterocycles. The number of nitrogens with zero attached hydrogens (tertiary/aromatic N) is 2. The molecule has 0 radical (unpaired) electrons. The molecule has 0 fully saturated rings. The zero-order chi connectivity index (χ0) is 34.0. The van der Waals surface area contributed by atoms with Crippen molar-refractivity contribution in [1.82, 2.24) is 0 Å². The highest BCUT2D eigenvalue weighted by Gasteiger charge is 2.33. The highest BCUT2D eigenvalue weighted by atomic mass is 16.4. The average Bonchev–Trinajstić information content (AvgIpc) is 3.59. The molecule has 0 N–H and O–H groups in total. The molecule has 0 saturated heterocycles. The van der Waals surface area contributed by atoms with Crippen LogP contribution in [0.5, 0.6) is 0 Å². The van der Waals surface area contributed by atoms with Gasteiger partial charge >= 0.3 is 0 Å². The first kappa shape index (κ1) is 30.2. The minimum atomic E-state index is 0.735. The number of anilines is 6.